The van der Waals surface area contributed by atoms with Gasteiger partial charge in [-0.3, -0.25) is 0 Å². The zero-order valence-corrected chi connectivity index (χ0v) is 14.7. The lowest BCUT2D eigenvalue weighted by molar-refractivity contribution is 0.445. The molecule has 1 heterocycles. The lowest BCUT2D eigenvalue weighted by Gasteiger charge is -2.18. The SMILES string of the molecule is CCNc1oc(-c2ccc(S(=O)(=O)N(CC)CC)cc2)nc1C#N. The van der Waals surface area contributed by atoms with Crippen molar-refractivity contribution in [3.63, 3.8) is 0 Å². The molecule has 0 saturated heterocycles. The quantitative estimate of drug-likeness (QED) is 0.826. The molecule has 2 aromatic rings. The summed E-state index contributed by atoms with van der Waals surface area (Å²) < 4.78 is 31.9. The minimum atomic E-state index is -3.50. The molecule has 0 spiro atoms. The second-order valence-corrected chi connectivity index (χ2v) is 6.89. The molecule has 0 unspecified atom stereocenters. The number of nitrogens with one attached hydrogen (secondary N) is 1. The number of hydrogen-bond acceptors (Lipinski definition) is 6. The van der Waals surface area contributed by atoms with Crippen LogP contribution in [-0.4, -0.2) is 37.3 Å². The van der Waals surface area contributed by atoms with Crippen LogP contribution in [0.1, 0.15) is 26.5 Å². The van der Waals surface area contributed by atoms with Gasteiger partial charge in [0.25, 0.3) is 0 Å². The van der Waals surface area contributed by atoms with Crippen molar-refractivity contribution in [3.05, 3.63) is 30.0 Å². The summed E-state index contributed by atoms with van der Waals surface area (Å²) in [6, 6.07) is 8.25. The molecule has 8 heteroatoms. The van der Waals surface area contributed by atoms with Crippen LogP contribution in [0.5, 0.6) is 0 Å². The van der Waals surface area contributed by atoms with Crippen LogP contribution in [-0.2, 0) is 10.0 Å². The minimum Gasteiger partial charge on any atom is -0.419 e. The van der Waals surface area contributed by atoms with Crippen molar-refractivity contribution in [1.82, 2.24) is 9.29 Å². The third kappa shape index (κ3) is 3.42. The summed E-state index contributed by atoms with van der Waals surface area (Å²) in [5.74, 6) is 0.587. The van der Waals surface area contributed by atoms with Gasteiger partial charge in [0, 0.05) is 25.2 Å². The summed E-state index contributed by atoms with van der Waals surface area (Å²) in [7, 11) is -3.50. The maximum Gasteiger partial charge on any atom is 0.243 e. The van der Waals surface area contributed by atoms with E-state index in [0.717, 1.165) is 0 Å². The highest BCUT2D eigenvalue weighted by Gasteiger charge is 2.22. The summed E-state index contributed by atoms with van der Waals surface area (Å²) in [5, 5.41) is 12.0. The van der Waals surface area contributed by atoms with E-state index in [2.05, 4.69) is 10.3 Å². The Morgan fingerprint density at radius 3 is 2.33 bits per heavy atom. The number of benzene rings is 1. The van der Waals surface area contributed by atoms with E-state index in [9.17, 15) is 8.42 Å². The van der Waals surface area contributed by atoms with Gasteiger partial charge in [-0.25, -0.2) is 8.42 Å². The highest BCUT2D eigenvalue weighted by Crippen LogP contribution is 2.26. The molecule has 0 atom stereocenters. The van der Waals surface area contributed by atoms with Crippen LogP contribution >= 0.6 is 0 Å². The highest BCUT2D eigenvalue weighted by atomic mass is 32.2. The van der Waals surface area contributed by atoms with Gasteiger partial charge in [-0.15, -0.1) is 0 Å². The molecule has 2 rings (SSSR count). The molecule has 0 saturated carbocycles. The smallest absolute Gasteiger partial charge is 0.243 e. The zero-order valence-electron chi connectivity index (χ0n) is 13.9. The molecule has 0 amide bonds. The summed E-state index contributed by atoms with van der Waals surface area (Å²) in [4.78, 5) is 4.34. The first-order valence-electron chi connectivity index (χ1n) is 7.73. The van der Waals surface area contributed by atoms with E-state index in [4.69, 9.17) is 9.68 Å². The average molecular weight is 348 g/mol. The van der Waals surface area contributed by atoms with Crippen LogP contribution in [0.25, 0.3) is 11.5 Å². The molecule has 1 N–H and O–H groups in total. The van der Waals surface area contributed by atoms with Crippen molar-refractivity contribution in [1.29, 1.82) is 5.26 Å². The predicted molar refractivity (Wildman–Crippen MR) is 90.9 cm³/mol. The lowest BCUT2D eigenvalue weighted by Crippen LogP contribution is -2.30. The van der Waals surface area contributed by atoms with Crippen LogP contribution in [0.4, 0.5) is 5.88 Å². The third-order valence-electron chi connectivity index (χ3n) is 3.51. The Balaban J connectivity index is 2.35. The standard InChI is InChI=1S/C16H20N4O3S/c1-4-18-16-14(11-17)19-15(23-16)12-7-9-13(10-8-12)24(21,22)20(5-2)6-3/h7-10,18H,4-6H2,1-3H3. The van der Waals surface area contributed by atoms with E-state index >= 15 is 0 Å². The summed E-state index contributed by atoms with van der Waals surface area (Å²) in [5.41, 5.74) is 0.779. The monoisotopic (exact) mass is 348 g/mol. The fraction of sp³-hybridized carbons (Fsp3) is 0.375. The molecule has 24 heavy (non-hydrogen) atoms. The molecular formula is C16H20N4O3S. The molecule has 128 valence electrons. The van der Waals surface area contributed by atoms with E-state index < -0.39 is 10.0 Å². The van der Waals surface area contributed by atoms with Crippen LogP contribution in [0.2, 0.25) is 0 Å². The molecule has 7 nitrogen and oxygen atoms in total. The van der Waals surface area contributed by atoms with E-state index in [1.54, 1.807) is 26.0 Å². The van der Waals surface area contributed by atoms with Gasteiger partial charge >= 0.3 is 0 Å². The first-order chi connectivity index (χ1) is 11.5. The van der Waals surface area contributed by atoms with Gasteiger partial charge in [-0.05, 0) is 31.2 Å². The van der Waals surface area contributed by atoms with Crippen LogP contribution in [0, 0.1) is 11.3 Å². The van der Waals surface area contributed by atoms with E-state index in [0.29, 0.717) is 31.1 Å². The second-order valence-electron chi connectivity index (χ2n) is 4.95. The summed E-state index contributed by atoms with van der Waals surface area (Å²) in [6.07, 6.45) is 0. The molecule has 1 aromatic heterocycles. The Bertz CT molecular complexity index is 831. The largest absolute Gasteiger partial charge is 0.419 e. The molecule has 0 aliphatic carbocycles. The number of aromatic nitrogens is 1. The fourth-order valence-corrected chi connectivity index (χ4v) is 3.74. The van der Waals surface area contributed by atoms with Crippen molar-refractivity contribution in [2.75, 3.05) is 25.0 Å². The average Bonchev–Trinajstić information content (AvgIpc) is 2.99. The third-order valence-corrected chi connectivity index (χ3v) is 5.58. The first-order valence-corrected chi connectivity index (χ1v) is 9.17. The van der Waals surface area contributed by atoms with Crippen molar-refractivity contribution in [2.45, 2.75) is 25.7 Å². The van der Waals surface area contributed by atoms with Gasteiger partial charge < -0.3 is 9.73 Å². The molecule has 0 fully saturated rings. The maximum absolute atomic E-state index is 12.5. The highest BCUT2D eigenvalue weighted by molar-refractivity contribution is 7.89. The normalized spacial score (nSPS) is 11.5. The van der Waals surface area contributed by atoms with Crippen LogP contribution in [0.3, 0.4) is 0 Å². The first kappa shape index (κ1) is 18.0. The van der Waals surface area contributed by atoms with E-state index in [-0.39, 0.29) is 16.5 Å². The number of hydrogen-bond donors (Lipinski definition) is 1. The van der Waals surface area contributed by atoms with Gasteiger partial charge in [0.1, 0.15) is 6.07 Å². The van der Waals surface area contributed by atoms with Crippen molar-refractivity contribution in [2.24, 2.45) is 0 Å². The molecular weight excluding hydrogens is 328 g/mol. The molecule has 0 aliphatic heterocycles. The van der Waals surface area contributed by atoms with Crippen molar-refractivity contribution < 1.29 is 12.8 Å². The Hall–Kier alpha value is -2.37. The number of sulfonamides is 1. The van der Waals surface area contributed by atoms with E-state index in [1.807, 2.05) is 13.0 Å². The Morgan fingerprint density at radius 2 is 1.83 bits per heavy atom. The van der Waals surface area contributed by atoms with Crippen LogP contribution < -0.4 is 5.32 Å². The number of anilines is 1. The molecule has 1 aromatic carbocycles. The summed E-state index contributed by atoms with van der Waals surface area (Å²) in [6.45, 7) is 6.91. The fourth-order valence-electron chi connectivity index (χ4n) is 2.28. The van der Waals surface area contributed by atoms with Gasteiger partial charge in [0.05, 0.1) is 4.90 Å². The van der Waals surface area contributed by atoms with Gasteiger partial charge in [0.15, 0.2) is 0 Å². The Labute approximate surface area is 142 Å². The Morgan fingerprint density at radius 1 is 1.21 bits per heavy atom. The minimum absolute atomic E-state index is 0.173. The number of rotatable bonds is 7. The second kappa shape index (κ2) is 7.47. The van der Waals surface area contributed by atoms with Gasteiger partial charge in [0.2, 0.25) is 27.5 Å². The predicted octanol–water partition coefficient (Wildman–Crippen LogP) is 2.68. The van der Waals surface area contributed by atoms with Crippen molar-refractivity contribution >= 4 is 15.9 Å². The Kier molecular flexibility index (Phi) is 5.59. The lowest BCUT2D eigenvalue weighted by atomic mass is 10.2. The maximum atomic E-state index is 12.5. The number of oxazole rings is 1. The topological polar surface area (TPSA) is 99.2 Å². The molecule has 0 bridgehead atoms. The van der Waals surface area contributed by atoms with Crippen molar-refractivity contribution in [3.8, 4) is 17.5 Å². The molecule has 0 radical (unpaired) electrons. The summed E-state index contributed by atoms with van der Waals surface area (Å²) >= 11 is 0. The van der Waals surface area contributed by atoms with Gasteiger partial charge in [-0.1, -0.05) is 13.8 Å². The number of nitriles is 1. The number of nitrogens with zero attached hydrogens (tertiary/aromatic N) is 3. The molecule has 0 aliphatic rings. The van der Waals surface area contributed by atoms with E-state index in [1.165, 1.54) is 16.4 Å². The van der Waals surface area contributed by atoms with Crippen LogP contribution in [0.15, 0.2) is 33.6 Å². The van der Waals surface area contributed by atoms with Gasteiger partial charge in [-0.2, -0.15) is 14.6 Å². The zero-order chi connectivity index (χ0) is 17.7.